The molecule has 0 radical (unpaired) electrons. The molecule has 0 bridgehead atoms. The lowest BCUT2D eigenvalue weighted by molar-refractivity contribution is -0.137. The standard InChI is InChI=1S/C41H46F3N3O5/c1-3-50-36-17-12-18-37(51-4-2)38(36)47(40(49)52-29-30-13-6-5-7-14-30)26-11-10-25-46-27-23-33(24-28-46)45-39(48)35-16-9-8-15-34(35)31-19-21-32(22-20-31)41(42,43)44/h5-9,12-22,33H,3-4,10-11,23-29H2,1-2H3,(H,45,48). The van der Waals surface area contributed by atoms with E-state index < -0.39 is 17.8 Å². The van der Waals surface area contributed by atoms with Gasteiger partial charge in [0.05, 0.1) is 18.8 Å². The Morgan fingerprint density at radius 1 is 0.808 bits per heavy atom. The molecule has 52 heavy (non-hydrogen) atoms. The van der Waals surface area contributed by atoms with Crippen LogP contribution in [-0.2, 0) is 17.5 Å². The maximum Gasteiger partial charge on any atom is 0.416 e. The summed E-state index contributed by atoms with van der Waals surface area (Å²) in [4.78, 5) is 30.9. The molecule has 1 fully saturated rings. The minimum atomic E-state index is -4.43. The van der Waals surface area contributed by atoms with Crippen molar-refractivity contribution >= 4 is 17.7 Å². The first kappa shape index (κ1) is 38.2. The number of unbranched alkanes of at least 4 members (excludes halogenated alkanes) is 1. The Kier molecular flexibility index (Phi) is 13.6. The van der Waals surface area contributed by atoms with Gasteiger partial charge in [-0.15, -0.1) is 0 Å². The SMILES string of the molecule is CCOc1cccc(OCC)c1N(CCCCN1CCC(NC(=O)c2ccccc2-c2ccc(C(F)(F)F)cc2)CC1)C(=O)OCc1ccccc1. The Hall–Kier alpha value is -5.03. The van der Waals surface area contributed by atoms with Crippen LogP contribution in [0.3, 0.4) is 0 Å². The summed E-state index contributed by atoms with van der Waals surface area (Å²) in [6, 6.07) is 26.9. The summed E-state index contributed by atoms with van der Waals surface area (Å²) in [5.41, 5.74) is 2.28. The van der Waals surface area contributed by atoms with Crippen LogP contribution in [0, 0.1) is 0 Å². The molecule has 5 rings (SSSR count). The number of benzene rings is 4. The first-order chi connectivity index (χ1) is 25.2. The fraction of sp³-hybridized carbons (Fsp3) is 0.366. The number of anilines is 1. The van der Waals surface area contributed by atoms with E-state index >= 15 is 0 Å². The van der Waals surface area contributed by atoms with Crippen molar-refractivity contribution < 1.29 is 37.0 Å². The maximum atomic E-state index is 13.6. The van der Waals surface area contributed by atoms with Gasteiger partial charge in [-0.2, -0.15) is 13.2 Å². The van der Waals surface area contributed by atoms with E-state index in [4.69, 9.17) is 14.2 Å². The minimum Gasteiger partial charge on any atom is -0.492 e. The van der Waals surface area contributed by atoms with Crippen LogP contribution in [0.5, 0.6) is 11.5 Å². The molecule has 1 aliphatic heterocycles. The van der Waals surface area contributed by atoms with Crippen molar-refractivity contribution in [1.82, 2.24) is 10.2 Å². The highest BCUT2D eigenvalue weighted by Gasteiger charge is 2.30. The lowest BCUT2D eigenvalue weighted by Gasteiger charge is -2.32. The van der Waals surface area contributed by atoms with Crippen molar-refractivity contribution in [1.29, 1.82) is 0 Å². The molecule has 1 saturated heterocycles. The molecule has 0 aliphatic carbocycles. The van der Waals surface area contributed by atoms with Gasteiger partial charge < -0.3 is 24.4 Å². The first-order valence-corrected chi connectivity index (χ1v) is 17.8. The molecule has 1 N–H and O–H groups in total. The highest BCUT2D eigenvalue weighted by molar-refractivity contribution is 6.01. The lowest BCUT2D eigenvalue weighted by atomic mass is 9.97. The van der Waals surface area contributed by atoms with Crippen molar-refractivity contribution in [2.24, 2.45) is 0 Å². The second-order valence-electron chi connectivity index (χ2n) is 12.6. The molecule has 2 amide bonds. The Morgan fingerprint density at radius 3 is 2.08 bits per heavy atom. The predicted molar refractivity (Wildman–Crippen MR) is 196 cm³/mol. The minimum absolute atomic E-state index is 0.0219. The van der Waals surface area contributed by atoms with Crippen molar-refractivity contribution in [2.45, 2.75) is 58.4 Å². The smallest absolute Gasteiger partial charge is 0.416 e. The van der Waals surface area contributed by atoms with Gasteiger partial charge in [0.1, 0.15) is 23.8 Å². The molecule has 4 aromatic carbocycles. The zero-order chi connectivity index (χ0) is 36.9. The summed E-state index contributed by atoms with van der Waals surface area (Å²) in [6.07, 6.45) is -1.82. The number of para-hydroxylation sites is 1. The quantitative estimate of drug-likeness (QED) is 0.124. The zero-order valence-corrected chi connectivity index (χ0v) is 29.7. The van der Waals surface area contributed by atoms with Crippen LogP contribution < -0.4 is 19.7 Å². The molecule has 0 aromatic heterocycles. The topological polar surface area (TPSA) is 80.3 Å². The number of ether oxygens (including phenoxy) is 3. The van der Waals surface area contributed by atoms with Crippen molar-refractivity contribution in [2.75, 3.05) is 44.3 Å². The molecule has 1 aliphatic rings. The number of amides is 2. The monoisotopic (exact) mass is 717 g/mol. The van der Waals surface area contributed by atoms with E-state index in [-0.39, 0.29) is 18.6 Å². The predicted octanol–water partition coefficient (Wildman–Crippen LogP) is 8.99. The van der Waals surface area contributed by atoms with Crippen LogP contribution in [0.2, 0.25) is 0 Å². The third kappa shape index (κ3) is 10.3. The number of nitrogens with one attached hydrogen (secondary N) is 1. The summed E-state index contributed by atoms with van der Waals surface area (Å²) in [7, 11) is 0. The summed E-state index contributed by atoms with van der Waals surface area (Å²) >= 11 is 0. The number of carbonyl (C=O) groups excluding carboxylic acids is 2. The molecule has 0 unspecified atom stereocenters. The fourth-order valence-electron chi connectivity index (χ4n) is 6.34. The lowest BCUT2D eigenvalue weighted by Crippen LogP contribution is -2.45. The molecular weight excluding hydrogens is 671 g/mol. The number of rotatable bonds is 15. The normalized spacial score (nSPS) is 13.7. The summed E-state index contributed by atoms with van der Waals surface area (Å²) in [5, 5.41) is 3.14. The van der Waals surface area contributed by atoms with Gasteiger partial charge in [0.2, 0.25) is 0 Å². The number of likely N-dealkylation sites (tertiary alicyclic amines) is 1. The van der Waals surface area contributed by atoms with Gasteiger partial charge in [-0.25, -0.2) is 4.79 Å². The van der Waals surface area contributed by atoms with Crippen LogP contribution in [0.1, 0.15) is 61.0 Å². The molecule has 11 heteroatoms. The first-order valence-electron chi connectivity index (χ1n) is 17.8. The summed E-state index contributed by atoms with van der Waals surface area (Å²) in [6.45, 7) is 7.63. The summed E-state index contributed by atoms with van der Waals surface area (Å²) in [5.74, 6) is 0.861. The third-order valence-corrected chi connectivity index (χ3v) is 8.98. The average molecular weight is 718 g/mol. The zero-order valence-electron chi connectivity index (χ0n) is 29.7. The molecule has 0 atom stereocenters. The van der Waals surface area contributed by atoms with Crippen LogP contribution >= 0.6 is 0 Å². The van der Waals surface area contributed by atoms with Crippen molar-refractivity contribution in [3.05, 3.63) is 114 Å². The van der Waals surface area contributed by atoms with Gasteiger partial charge in [-0.05, 0) is 93.1 Å². The second kappa shape index (κ2) is 18.5. The molecular formula is C41H46F3N3O5. The molecule has 0 spiro atoms. The molecule has 276 valence electrons. The fourth-order valence-corrected chi connectivity index (χ4v) is 6.34. The van der Waals surface area contributed by atoms with Gasteiger partial charge >= 0.3 is 12.3 Å². The van der Waals surface area contributed by atoms with Crippen molar-refractivity contribution in [3.8, 4) is 22.6 Å². The third-order valence-electron chi connectivity index (χ3n) is 8.98. The van der Waals surface area contributed by atoms with Gasteiger partial charge in [0, 0.05) is 31.2 Å². The number of carbonyl (C=O) groups is 2. The number of piperidine rings is 1. The summed E-state index contributed by atoms with van der Waals surface area (Å²) < 4.78 is 56.9. The number of alkyl halides is 3. The molecule has 4 aromatic rings. The van der Waals surface area contributed by atoms with E-state index in [1.807, 2.05) is 62.4 Å². The van der Waals surface area contributed by atoms with Crippen LogP contribution in [0.25, 0.3) is 11.1 Å². The number of nitrogens with zero attached hydrogens (tertiary/aromatic N) is 2. The number of halogens is 3. The highest BCUT2D eigenvalue weighted by Crippen LogP contribution is 2.39. The molecule has 0 saturated carbocycles. The van der Waals surface area contributed by atoms with Crippen LogP contribution in [0.15, 0.2) is 97.1 Å². The van der Waals surface area contributed by atoms with E-state index in [1.54, 1.807) is 29.2 Å². The number of hydrogen-bond acceptors (Lipinski definition) is 6. The Morgan fingerprint density at radius 2 is 1.44 bits per heavy atom. The van der Waals surface area contributed by atoms with Crippen molar-refractivity contribution in [3.63, 3.8) is 0 Å². The average Bonchev–Trinajstić information content (AvgIpc) is 3.15. The van der Waals surface area contributed by atoms with Gasteiger partial charge in [0.25, 0.3) is 5.91 Å². The molecule has 8 nitrogen and oxygen atoms in total. The number of hydrogen-bond donors (Lipinski definition) is 1. The van der Waals surface area contributed by atoms with E-state index in [2.05, 4.69) is 10.2 Å². The van der Waals surface area contributed by atoms with E-state index in [0.717, 1.165) is 56.6 Å². The van der Waals surface area contributed by atoms with Gasteiger partial charge in [-0.3, -0.25) is 9.69 Å². The largest absolute Gasteiger partial charge is 0.492 e. The molecule has 1 heterocycles. The van der Waals surface area contributed by atoms with Crippen LogP contribution in [0.4, 0.5) is 23.7 Å². The second-order valence-corrected chi connectivity index (χ2v) is 12.6. The van der Waals surface area contributed by atoms with E-state index in [9.17, 15) is 22.8 Å². The van der Waals surface area contributed by atoms with E-state index in [1.165, 1.54) is 12.1 Å². The maximum absolute atomic E-state index is 13.6. The van der Waals surface area contributed by atoms with Gasteiger partial charge in [0.15, 0.2) is 0 Å². The van der Waals surface area contributed by atoms with Gasteiger partial charge in [-0.1, -0.05) is 66.7 Å². The Labute approximate surface area is 303 Å². The Balaban J connectivity index is 1.15. The van der Waals surface area contributed by atoms with Crippen LogP contribution in [-0.4, -0.2) is 62.3 Å². The highest BCUT2D eigenvalue weighted by atomic mass is 19.4. The Bertz CT molecular complexity index is 1720. The van der Waals surface area contributed by atoms with E-state index in [0.29, 0.717) is 60.1 Å².